The van der Waals surface area contributed by atoms with Gasteiger partial charge in [-0.05, 0) is 37.9 Å². The fourth-order valence-electron chi connectivity index (χ4n) is 1.82. The lowest BCUT2D eigenvalue weighted by atomic mass is 10.2. The Hall–Kier alpha value is -0.930. The number of unbranched alkanes of at least 4 members (excludes halogenated alkanes) is 1. The summed E-state index contributed by atoms with van der Waals surface area (Å²) in [6.45, 7) is 5.49. The number of nitrogens with zero attached hydrogens (tertiary/aromatic N) is 1. The number of fused-ring (bicyclic) bond motifs is 1. The van der Waals surface area contributed by atoms with Crippen molar-refractivity contribution in [3.05, 3.63) is 29.3 Å². The molecule has 0 aliphatic carbocycles. The van der Waals surface area contributed by atoms with Crippen LogP contribution in [0.4, 0.5) is 0 Å². The number of para-hydroxylation sites is 1. The molecule has 0 unspecified atom stereocenters. The first-order valence-electron chi connectivity index (χ1n) is 6.33. The van der Waals surface area contributed by atoms with E-state index in [1.807, 2.05) is 11.3 Å². The second kappa shape index (κ2) is 6.12. The van der Waals surface area contributed by atoms with Crippen LogP contribution in [-0.4, -0.2) is 17.6 Å². The molecule has 0 aliphatic rings. The number of aryl methyl sites for hydroxylation is 1. The van der Waals surface area contributed by atoms with Crippen LogP contribution in [0.5, 0.6) is 0 Å². The van der Waals surface area contributed by atoms with Crippen molar-refractivity contribution in [2.45, 2.75) is 39.2 Å². The summed E-state index contributed by atoms with van der Waals surface area (Å²) in [5.74, 6) is 0. The standard InChI is InChI=1S/C14H20N2S/c1-11(2)15-10-6-5-9-14-16-12-7-3-4-8-13(12)17-14/h3-4,7-8,11,15H,5-6,9-10H2,1-2H3. The predicted octanol–water partition coefficient (Wildman–Crippen LogP) is 3.62. The van der Waals surface area contributed by atoms with Gasteiger partial charge in [-0.15, -0.1) is 11.3 Å². The second-order valence-electron chi connectivity index (χ2n) is 4.64. The van der Waals surface area contributed by atoms with Crippen LogP contribution in [0.2, 0.25) is 0 Å². The monoisotopic (exact) mass is 248 g/mol. The maximum atomic E-state index is 4.64. The molecule has 2 nitrogen and oxygen atoms in total. The zero-order valence-electron chi connectivity index (χ0n) is 10.6. The summed E-state index contributed by atoms with van der Waals surface area (Å²) in [7, 11) is 0. The molecule has 0 spiro atoms. The third kappa shape index (κ3) is 3.79. The van der Waals surface area contributed by atoms with Crippen LogP contribution in [0.1, 0.15) is 31.7 Å². The van der Waals surface area contributed by atoms with Crippen molar-refractivity contribution in [1.29, 1.82) is 0 Å². The summed E-state index contributed by atoms with van der Waals surface area (Å²) in [6.07, 6.45) is 3.56. The van der Waals surface area contributed by atoms with E-state index in [2.05, 4.69) is 48.4 Å². The summed E-state index contributed by atoms with van der Waals surface area (Å²) in [4.78, 5) is 4.64. The molecule has 1 heterocycles. The Morgan fingerprint density at radius 1 is 1.24 bits per heavy atom. The highest BCUT2D eigenvalue weighted by atomic mass is 32.1. The van der Waals surface area contributed by atoms with Crippen LogP contribution in [0.25, 0.3) is 10.2 Å². The van der Waals surface area contributed by atoms with Crippen LogP contribution in [-0.2, 0) is 6.42 Å². The van der Waals surface area contributed by atoms with Gasteiger partial charge < -0.3 is 5.32 Å². The molecule has 0 fully saturated rings. The molecule has 0 saturated carbocycles. The molecule has 2 rings (SSSR count). The molecule has 92 valence electrons. The Morgan fingerprint density at radius 3 is 2.82 bits per heavy atom. The van der Waals surface area contributed by atoms with Crippen LogP contribution >= 0.6 is 11.3 Å². The van der Waals surface area contributed by atoms with E-state index in [1.165, 1.54) is 22.5 Å². The molecule has 2 aromatic rings. The first-order valence-corrected chi connectivity index (χ1v) is 7.15. The molecule has 3 heteroatoms. The van der Waals surface area contributed by atoms with Crippen molar-refractivity contribution < 1.29 is 0 Å². The number of benzene rings is 1. The Labute approximate surface area is 107 Å². The number of hydrogen-bond acceptors (Lipinski definition) is 3. The topological polar surface area (TPSA) is 24.9 Å². The van der Waals surface area contributed by atoms with Crippen molar-refractivity contribution in [3.8, 4) is 0 Å². The lowest BCUT2D eigenvalue weighted by Crippen LogP contribution is -2.23. The highest BCUT2D eigenvalue weighted by molar-refractivity contribution is 7.18. The molecule has 1 N–H and O–H groups in total. The van der Waals surface area contributed by atoms with Crippen molar-refractivity contribution in [3.63, 3.8) is 0 Å². The third-order valence-corrected chi connectivity index (χ3v) is 3.80. The van der Waals surface area contributed by atoms with Gasteiger partial charge in [-0.2, -0.15) is 0 Å². The first-order chi connectivity index (χ1) is 8.25. The highest BCUT2D eigenvalue weighted by Gasteiger charge is 2.02. The lowest BCUT2D eigenvalue weighted by molar-refractivity contribution is 0.557. The molecule has 0 saturated heterocycles. The summed E-state index contributed by atoms with van der Waals surface area (Å²) in [6, 6.07) is 8.97. The van der Waals surface area contributed by atoms with Crippen LogP contribution in [0.15, 0.2) is 24.3 Å². The minimum Gasteiger partial charge on any atom is -0.315 e. The summed E-state index contributed by atoms with van der Waals surface area (Å²) in [5.41, 5.74) is 1.15. The Balaban J connectivity index is 1.79. The zero-order chi connectivity index (χ0) is 12.1. The van der Waals surface area contributed by atoms with E-state index in [0.29, 0.717) is 6.04 Å². The first kappa shape index (κ1) is 12.5. The Morgan fingerprint density at radius 2 is 2.06 bits per heavy atom. The second-order valence-corrected chi connectivity index (χ2v) is 5.76. The number of nitrogens with one attached hydrogen (secondary N) is 1. The van der Waals surface area contributed by atoms with Gasteiger partial charge in [0.05, 0.1) is 15.2 Å². The van der Waals surface area contributed by atoms with E-state index in [9.17, 15) is 0 Å². The van der Waals surface area contributed by atoms with Crippen LogP contribution < -0.4 is 5.32 Å². The van der Waals surface area contributed by atoms with Crippen molar-refractivity contribution >= 4 is 21.6 Å². The quantitative estimate of drug-likeness (QED) is 0.790. The summed E-state index contributed by atoms with van der Waals surface area (Å²) < 4.78 is 1.31. The van der Waals surface area contributed by atoms with Gasteiger partial charge in [-0.3, -0.25) is 0 Å². The van der Waals surface area contributed by atoms with E-state index < -0.39 is 0 Å². The molecular weight excluding hydrogens is 228 g/mol. The molecule has 0 aliphatic heterocycles. The number of aromatic nitrogens is 1. The maximum absolute atomic E-state index is 4.64. The molecule has 0 amide bonds. The van der Waals surface area contributed by atoms with Gasteiger partial charge in [0.25, 0.3) is 0 Å². The van der Waals surface area contributed by atoms with E-state index >= 15 is 0 Å². The minimum atomic E-state index is 0.595. The largest absolute Gasteiger partial charge is 0.315 e. The fourth-order valence-corrected chi connectivity index (χ4v) is 2.83. The SMILES string of the molecule is CC(C)NCCCCc1nc2ccccc2s1. The zero-order valence-corrected chi connectivity index (χ0v) is 11.4. The smallest absolute Gasteiger partial charge is 0.0938 e. The number of hydrogen-bond donors (Lipinski definition) is 1. The van der Waals surface area contributed by atoms with Gasteiger partial charge >= 0.3 is 0 Å². The Bertz CT molecular complexity index is 429. The molecule has 17 heavy (non-hydrogen) atoms. The Kier molecular flexibility index (Phi) is 4.51. The molecule has 0 atom stereocenters. The average molecular weight is 248 g/mol. The summed E-state index contributed by atoms with van der Waals surface area (Å²) in [5, 5.41) is 4.72. The molecular formula is C14H20N2S. The van der Waals surface area contributed by atoms with Crippen molar-refractivity contribution in [2.75, 3.05) is 6.54 Å². The molecule has 0 bridgehead atoms. The van der Waals surface area contributed by atoms with Gasteiger partial charge in [0.2, 0.25) is 0 Å². The van der Waals surface area contributed by atoms with Gasteiger partial charge in [-0.25, -0.2) is 4.98 Å². The van der Waals surface area contributed by atoms with Crippen molar-refractivity contribution in [2.24, 2.45) is 0 Å². The minimum absolute atomic E-state index is 0.595. The predicted molar refractivity (Wildman–Crippen MR) is 75.7 cm³/mol. The van der Waals surface area contributed by atoms with Gasteiger partial charge in [-0.1, -0.05) is 26.0 Å². The van der Waals surface area contributed by atoms with E-state index in [0.717, 1.165) is 18.5 Å². The van der Waals surface area contributed by atoms with Gasteiger partial charge in [0.1, 0.15) is 0 Å². The van der Waals surface area contributed by atoms with Gasteiger partial charge in [0.15, 0.2) is 0 Å². The van der Waals surface area contributed by atoms with E-state index in [1.54, 1.807) is 0 Å². The van der Waals surface area contributed by atoms with Gasteiger partial charge in [0, 0.05) is 6.04 Å². The van der Waals surface area contributed by atoms with Crippen LogP contribution in [0.3, 0.4) is 0 Å². The lowest BCUT2D eigenvalue weighted by Gasteiger charge is -2.06. The summed E-state index contributed by atoms with van der Waals surface area (Å²) >= 11 is 1.83. The van der Waals surface area contributed by atoms with Crippen LogP contribution in [0, 0.1) is 0 Å². The maximum Gasteiger partial charge on any atom is 0.0938 e. The van der Waals surface area contributed by atoms with E-state index in [4.69, 9.17) is 0 Å². The van der Waals surface area contributed by atoms with Crippen molar-refractivity contribution in [1.82, 2.24) is 10.3 Å². The van der Waals surface area contributed by atoms with E-state index in [-0.39, 0.29) is 0 Å². The highest BCUT2D eigenvalue weighted by Crippen LogP contribution is 2.22. The molecule has 1 aromatic heterocycles. The normalized spacial score (nSPS) is 11.5. The molecule has 1 aromatic carbocycles. The number of rotatable bonds is 6. The number of thiazole rings is 1. The third-order valence-electron chi connectivity index (χ3n) is 2.71. The average Bonchev–Trinajstić information content (AvgIpc) is 2.70. The fraction of sp³-hybridized carbons (Fsp3) is 0.500. The molecule has 0 radical (unpaired) electrons.